The number of imidazole rings is 1. The van der Waals surface area contributed by atoms with Gasteiger partial charge in [-0.25, -0.2) is 4.98 Å². The molecule has 1 rings (SSSR count). The fourth-order valence-electron chi connectivity index (χ4n) is 1.86. The first kappa shape index (κ1) is 13.7. The number of nitrogens with two attached hydrogens (primary N) is 1. The Morgan fingerprint density at radius 3 is 2.82 bits per heavy atom. The van der Waals surface area contributed by atoms with E-state index in [4.69, 9.17) is 10.8 Å². The first-order valence-electron chi connectivity index (χ1n) is 6.05. The first-order valence-corrected chi connectivity index (χ1v) is 6.05. The van der Waals surface area contributed by atoms with E-state index in [2.05, 4.69) is 16.5 Å². The average Bonchev–Trinajstić information content (AvgIpc) is 2.76. The minimum absolute atomic E-state index is 0.451. The summed E-state index contributed by atoms with van der Waals surface area (Å²) < 4.78 is 2.05. The maximum atomic E-state index is 11.0. The van der Waals surface area contributed by atoms with Crippen LogP contribution in [0, 0.1) is 0 Å². The van der Waals surface area contributed by atoms with E-state index in [1.54, 1.807) is 6.20 Å². The first-order chi connectivity index (χ1) is 8.03. The zero-order chi connectivity index (χ0) is 12.9. The van der Waals surface area contributed by atoms with Crippen LogP contribution in [0.15, 0.2) is 12.4 Å². The van der Waals surface area contributed by atoms with E-state index in [9.17, 15) is 4.79 Å². The van der Waals surface area contributed by atoms with Crippen LogP contribution in [0.3, 0.4) is 0 Å². The van der Waals surface area contributed by atoms with Crippen molar-refractivity contribution in [3.63, 3.8) is 0 Å². The second kappa shape index (κ2) is 5.82. The van der Waals surface area contributed by atoms with Crippen LogP contribution in [0.4, 0.5) is 0 Å². The zero-order valence-electron chi connectivity index (χ0n) is 10.5. The van der Waals surface area contributed by atoms with E-state index in [1.807, 2.05) is 13.1 Å². The summed E-state index contributed by atoms with van der Waals surface area (Å²) >= 11 is 0. The largest absolute Gasteiger partial charge is 0.480 e. The molecule has 5 nitrogen and oxygen atoms in total. The Morgan fingerprint density at radius 1 is 1.59 bits per heavy atom. The Kier molecular flexibility index (Phi) is 4.69. The van der Waals surface area contributed by atoms with Crippen molar-refractivity contribution in [1.29, 1.82) is 0 Å². The van der Waals surface area contributed by atoms with E-state index in [1.165, 1.54) is 0 Å². The molecule has 0 fully saturated rings. The molecule has 0 aliphatic carbocycles. The molecule has 1 aromatic rings. The molecule has 0 saturated heterocycles. The molecule has 1 aromatic heterocycles. The fourth-order valence-corrected chi connectivity index (χ4v) is 1.86. The Balaban J connectivity index is 2.50. The highest BCUT2D eigenvalue weighted by atomic mass is 16.4. The third-order valence-corrected chi connectivity index (χ3v) is 3.20. The summed E-state index contributed by atoms with van der Waals surface area (Å²) in [4.78, 5) is 15.2. The van der Waals surface area contributed by atoms with Gasteiger partial charge in [-0.15, -0.1) is 0 Å². The van der Waals surface area contributed by atoms with Crippen molar-refractivity contribution in [3.8, 4) is 0 Å². The number of aromatic nitrogens is 2. The monoisotopic (exact) mass is 239 g/mol. The van der Waals surface area contributed by atoms with Gasteiger partial charge in [0.2, 0.25) is 0 Å². The lowest BCUT2D eigenvalue weighted by Gasteiger charge is -2.22. The number of carboxylic acid groups (broad SMARTS) is 1. The Bertz CT molecular complexity index is 376. The van der Waals surface area contributed by atoms with Crippen molar-refractivity contribution in [3.05, 3.63) is 18.2 Å². The van der Waals surface area contributed by atoms with Gasteiger partial charge in [0, 0.05) is 25.4 Å². The fraction of sp³-hybridized carbons (Fsp3) is 0.667. The topological polar surface area (TPSA) is 81.1 Å². The number of carboxylic acids is 1. The van der Waals surface area contributed by atoms with Crippen molar-refractivity contribution in [1.82, 2.24) is 9.55 Å². The normalized spacial score (nSPS) is 14.5. The summed E-state index contributed by atoms with van der Waals surface area (Å²) in [5.74, 6) is 0.112. The Morgan fingerprint density at radius 2 is 2.29 bits per heavy atom. The number of nitrogens with zero attached hydrogens (tertiary/aromatic N) is 2. The van der Waals surface area contributed by atoms with E-state index >= 15 is 0 Å². The van der Waals surface area contributed by atoms with Crippen molar-refractivity contribution < 1.29 is 9.90 Å². The summed E-state index contributed by atoms with van der Waals surface area (Å²) in [6.45, 7) is 4.63. The van der Waals surface area contributed by atoms with Gasteiger partial charge in [0.1, 0.15) is 11.4 Å². The van der Waals surface area contributed by atoms with Crippen LogP contribution < -0.4 is 5.73 Å². The van der Waals surface area contributed by atoms with Crippen LogP contribution >= 0.6 is 0 Å². The third-order valence-electron chi connectivity index (χ3n) is 3.20. The van der Waals surface area contributed by atoms with Crippen LogP contribution in [0.5, 0.6) is 0 Å². The minimum atomic E-state index is -1.09. The summed E-state index contributed by atoms with van der Waals surface area (Å²) in [5, 5.41) is 9.05. The molecule has 0 bridgehead atoms. The van der Waals surface area contributed by atoms with Gasteiger partial charge in [-0.1, -0.05) is 13.8 Å². The molecule has 1 atom stereocenters. The van der Waals surface area contributed by atoms with Crippen molar-refractivity contribution in [2.45, 2.75) is 51.6 Å². The summed E-state index contributed by atoms with van der Waals surface area (Å²) in [6.07, 6.45) is 6.26. The smallest absolute Gasteiger partial charge is 0.323 e. The highest BCUT2D eigenvalue weighted by molar-refractivity contribution is 5.78. The lowest BCUT2D eigenvalue weighted by molar-refractivity contribution is -0.143. The van der Waals surface area contributed by atoms with Gasteiger partial charge in [-0.3, -0.25) is 4.79 Å². The number of carbonyl (C=O) groups is 1. The van der Waals surface area contributed by atoms with E-state index in [0.29, 0.717) is 12.8 Å². The molecule has 0 amide bonds. The molecule has 0 aliphatic heterocycles. The summed E-state index contributed by atoms with van der Waals surface area (Å²) in [6, 6.07) is 0. The van der Waals surface area contributed by atoms with Gasteiger partial charge in [0.25, 0.3) is 0 Å². The van der Waals surface area contributed by atoms with Crippen LogP contribution in [0.1, 0.15) is 38.9 Å². The molecule has 3 N–H and O–H groups in total. The molecule has 0 radical (unpaired) electrons. The van der Waals surface area contributed by atoms with Crippen molar-refractivity contribution in [2.75, 3.05) is 0 Å². The highest BCUT2D eigenvalue weighted by Gasteiger charge is 2.30. The lowest BCUT2D eigenvalue weighted by atomic mass is 9.92. The van der Waals surface area contributed by atoms with Crippen LogP contribution in [-0.4, -0.2) is 26.2 Å². The molecule has 0 aromatic carbocycles. The van der Waals surface area contributed by atoms with Gasteiger partial charge < -0.3 is 15.4 Å². The van der Waals surface area contributed by atoms with Gasteiger partial charge in [-0.05, 0) is 19.3 Å². The summed E-state index contributed by atoms with van der Waals surface area (Å²) in [5.41, 5.74) is 4.74. The lowest BCUT2D eigenvalue weighted by Crippen LogP contribution is -2.47. The molecule has 17 heavy (non-hydrogen) atoms. The molecule has 1 heterocycles. The predicted molar refractivity (Wildman–Crippen MR) is 65.7 cm³/mol. The molecule has 96 valence electrons. The van der Waals surface area contributed by atoms with Crippen LogP contribution in [0.25, 0.3) is 0 Å². The Hall–Kier alpha value is -1.36. The minimum Gasteiger partial charge on any atom is -0.480 e. The van der Waals surface area contributed by atoms with E-state index in [0.717, 1.165) is 25.2 Å². The number of aryl methyl sites for hydroxylation is 2. The standard InChI is InChI=1S/C12H21N3O2/c1-3-10-14-7-9-15(10)8-5-6-12(13,4-2)11(16)17/h7,9H,3-6,8,13H2,1-2H3,(H,16,17). The second-order valence-corrected chi connectivity index (χ2v) is 4.31. The third kappa shape index (κ3) is 3.30. The maximum absolute atomic E-state index is 11.0. The number of hydrogen-bond donors (Lipinski definition) is 2. The number of rotatable bonds is 7. The quantitative estimate of drug-likeness (QED) is 0.754. The molecule has 1 unspecified atom stereocenters. The number of aliphatic carboxylic acids is 1. The molecule has 0 saturated carbocycles. The molecule has 0 spiro atoms. The van der Waals surface area contributed by atoms with Gasteiger partial charge >= 0.3 is 5.97 Å². The second-order valence-electron chi connectivity index (χ2n) is 4.31. The Labute approximate surface area is 102 Å². The predicted octanol–water partition coefficient (Wildman–Crippen LogP) is 1.42. The van der Waals surface area contributed by atoms with Crippen LogP contribution in [0.2, 0.25) is 0 Å². The molecular formula is C12H21N3O2. The molecule has 0 aliphatic rings. The SMILES string of the molecule is CCc1nccn1CCCC(N)(CC)C(=O)O. The highest BCUT2D eigenvalue weighted by Crippen LogP contribution is 2.15. The zero-order valence-corrected chi connectivity index (χ0v) is 10.5. The van der Waals surface area contributed by atoms with Crippen molar-refractivity contribution >= 4 is 5.97 Å². The average molecular weight is 239 g/mol. The van der Waals surface area contributed by atoms with Crippen LogP contribution in [-0.2, 0) is 17.8 Å². The molecule has 5 heteroatoms. The van der Waals surface area contributed by atoms with Gasteiger partial charge in [0.15, 0.2) is 0 Å². The van der Waals surface area contributed by atoms with E-state index in [-0.39, 0.29) is 0 Å². The maximum Gasteiger partial charge on any atom is 0.323 e. The van der Waals surface area contributed by atoms with Gasteiger partial charge in [-0.2, -0.15) is 0 Å². The summed E-state index contributed by atoms with van der Waals surface area (Å²) in [7, 11) is 0. The van der Waals surface area contributed by atoms with Gasteiger partial charge in [0.05, 0.1) is 0 Å². The number of hydrogen-bond acceptors (Lipinski definition) is 3. The van der Waals surface area contributed by atoms with Crippen molar-refractivity contribution in [2.24, 2.45) is 5.73 Å². The molecular weight excluding hydrogens is 218 g/mol. The van der Waals surface area contributed by atoms with E-state index < -0.39 is 11.5 Å².